The maximum atomic E-state index is 10.2. The van der Waals surface area contributed by atoms with Crippen molar-refractivity contribution in [2.45, 2.75) is 18.5 Å². The molecule has 3 aromatic rings. The molecule has 2 saturated heterocycles. The Morgan fingerprint density at radius 2 is 1.97 bits per heavy atom. The van der Waals surface area contributed by atoms with Gasteiger partial charge in [0.05, 0.1) is 24.0 Å². The van der Waals surface area contributed by atoms with Crippen molar-refractivity contribution in [1.82, 2.24) is 25.5 Å². The maximum Gasteiger partial charge on any atom is 0.206 e. The Morgan fingerprint density at radius 1 is 1.16 bits per heavy atom. The van der Waals surface area contributed by atoms with Gasteiger partial charge >= 0.3 is 0 Å². The van der Waals surface area contributed by atoms with Gasteiger partial charge in [0.15, 0.2) is 5.82 Å². The fourth-order valence-electron chi connectivity index (χ4n) is 4.47. The van der Waals surface area contributed by atoms with Crippen LogP contribution in [0, 0.1) is 11.8 Å². The number of anilines is 3. The Labute approximate surface area is 186 Å². The summed E-state index contributed by atoms with van der Waals surface area (Å²) in [6.07, 6.45) is 2.78. The molecule has 5 rings (SSSR count). The van der Waals surface area contributed by atoms with Gasteiger partial charge < -0.3 is 26.0 Å². The van der Waals surface area contributed by atoms with Crippen LogP contribution in [0.4, 0.5) is 17.3 Å². The number of aromatic nitrogens is 4. The molecule has 2 bridgehead atoms. The van der Waals surface area contributed by atoms with E-state index in [0.29, 0.717) is 35.5 Å². The zero-order valence-electron chi connectivity index (χ0n) is 17.7. The molecule has 0 aliphatic carbocycles. The van der Waals surface area contributed by atoms with Gasteiger partial charge in [0.1, 0.15) is 11.6 Å². The second-order valence-corrected chi connectivity index (χ2v) is 7.94. The topological polar surface area (TPSA) is 116 Å². The molecule has 2 aliphatic heterocycles. The van der Waals surface area contributed by atoms with Crippen LogP contribution in [0.25, 0.3) is 11.3 Å². The number of nitrogens with one attached hydrogen (secondary N) is 1. The van der Waals surface area contributed by atoms with Crippen LogP contribution >= 0.6 is 0 Å². The van der Waals surface area contributed by atoms with E-state index < -0.39 is 0 Å². The first kappa shape index (κ1) is 20.0. The molecule has 4 N–H and O–H groups in total. The maximum absolute atomic E-state index is 10.2. The highest BCUT2D eigenvalue weighted by Crippen LogP contribution is 2.39. The van der Waals surface area contributed by atoms with Gasteiger partial charge in [-0.3, -0.25) is 0 Å². The van der Waals surface area contributed by atoms with Crippen molar-refractivity contribution >= 4 is 17.3 Å². The predicted molar refractivity (Wildman–Crippen MR) is 123 cm³/mol. The lowest BCUT2D eigenvalue weighted by molar-refractivity contribution is 0.477. The van der Waals surface area contributed by atoms with E-state index in [-0.39, 0.29) is 11.8 Å². The molecule has 0 unspecified atom stereocenters. The van der Waals surface area contributed by atoms with Crippen LogP contribution < -0.4 is 20.9 Å². The van der Waals surface area contributed by atoms with Crippen molar-refractivity contribution < 1.29 is 5.11 Å². The van der Waals surface area contributed by atoms with Crippen molar-refractivity contribution in [3.05, 3.63) is 48.4 Å². The standard InChI is InChI=1S/C23H24N8O/c1-25-9-4-7-21-26-10-8-22(27-21)31-14-15-11-16(31)13-30(15)19-12-18(28-29-23(19)24)17-5-2-3-6-20(17)32/h2-3,5-6,8,10,12,15-16,25,32H,9,11,13-14H2,1H3,(H2,24,29)/t15-,16-/m0/s1. The highest BCUT2D eigenvalue weighted by atomic mass is 16.3. The monoisotopic (exact) mass is 428 g/mol. The molecule has 4 heterocycles. The van der Waals surface area contributed by atoms with Crippen LogP contribution in [-0.2, 0) is 0 Å². The number of nitrogen functional groups attached to an aromatic ring is 1. The summed E-state index contributed by atoms with van der Waals surface area (Å²) in [6.45, 7) is 2.24. The van der Waals surface area contributed by atoms with E-state index in [0.717, 1.165) is 31.0 Å². The zero-order valence-corrected chi connectivity index (χ0v) is 17.7. The number of hydrogen-bond acceptors (Lipinski definition) is 9. The SMILES string of the molecule is CNCC#Cc1nccc(N2C[C@@H]3C[C@H]2CN3c2cc(-c3ccccc3O)nnc2N)n1. The molecular formula is C23H24N8O. The first-order valence-electron chi connectivity index (χ1n) is 10.6. The number of nitrogens with two attached hydrogens (primary N) is 1. The lowest BCUT2D eigenvalue weighted by Gasteiger charge is -2.36. The second-order valence-electron chi connectivity index (χ2n) is 7.94. The summed E-state index contributed by atoms with van der Waals surface area (Å²) in [5, 5.41) is 21.6. The number of aromatic hydroxyl groups is 1. The molecule has 0 saturated carbocycles. The van der Waals surface area contributed by atoms with E-state index >= 15 is 0 Å². The molecule has 0 spiro atoms. The van der Waals surface area contributed by atoms with E-state index in [1.807, 2.05) is 31.3 Å². The minimum atomic E-state index is 0.170. The van der Waals surface area contributed by atoms with E-state index in [2.05, 4.69) is 47.1 Å². The Morgan fingerprint density at radius 3 is 2.75 bits per heavy atom. The number of nitrogens with zero attached hydrogens (tertiary/aromatic N) is 6. The van der Waals surface area contributed by atoms with Crippen molar-refractivity contribution in [2.75, 3.05) is 42.2 Å². The molecule has 1 aromatic carbocycles. The normalized spacial score (nSPS) is 19.2. The molecule has 2 fully saturated rings. The number of piperazine rings is 1. The number of fused-ring (bicyclic) bond motifs is 2. The first-order valence-corrected chi connectivity index (χ1v) is 10.6. The van der Waals surface area contributed by atoms with Gasteiger partial charge in [0, 0.05) is 30.9 Å². The third-order valence-electron chi connectivity index (χ3n) is 5.93. The largest absolute Gasteiger partial charge is 0.507 e. The number of rotatable bonds is 4. The van der Waals surface area contributed by atoms with Gasteiger partial charge in [0.25, 0.3) is 0 Å². The van der Waals surface area contributed by atoms with Gasteiger partial charge in [-0.15, -0.1) is 10.2 Å². The molecule has 9 nitrogen and oxygen atoms in total. The van der Waals surface area contributed by atoms with Crippen molar-refractivity contribution in [3.8, 4) is 28.8 Å². The minimum absolute atomic E-state index is 0.170. The Hall–Kier alpha value is -3.90. The molecule has 2 aliphatic rings. The van der Waals surface area contributed by atoms with Crippen molar-refractivity contribution in [3.63, 3.8) is 0 Å². The third kappa shape index (κ3) is 3.65. The summed E-state index contributed by atoms with van der Waals surface area (Å²) in [7, 11) is 1.86. The predicted octanol–water partition coefficient (Wildman–Crippen LogP) is 1.26. The van der Waals surface area contributed by atoms with Crippen molar-refractivity contribution in [1.29, 1.82) is 0 Å². The summed E-state index contributed by atoms with van der Waals surface area (Å²) < 4.78 is 0. The molecule has 2 aromatic heterocycles. The van der Waals surface area contributed by atoms with E-state index in [1.54, 1.807) is 18.3 Å². The minimum Gasteiger partial charge on any atom is -0.507 e. The number of hydrogen-bond donors (Lipinski definition) is 3. The molecule has 32 heavy (non-hydrogen) atoms. The second kappa shape index (κ2) is 8.32. The molecule has 2 atom stereocenters. The molecule has 9 heteroatoms. The molecule has 0 radical (unpaired) electrons. The summed E-state index contributed by atoms with van der Waals surface area (Å²) in [4.78, 5) is 13.5. The van der Waals surface area contributed by atoms with Crippen LogP contribution in [0.15, 0.2) is 42.6 Å². The van der Waals surface area contributed by atoms with Crippen LogP contribution in [-0.4, -0.2) is 64.0 Å². The molecular weight excluding hydrogens is 404 g/mol. The highest BCUT2D eigenvalue weighted by molar-refractivity contribution is 5.75. The zero-order chi connectivity index (χ0) is 22.1. The van der Waals surface area contributed by atoms with E-state index in [4.69, 9.17) is 5.73 Å². The van der Waals surface area contributed by atoms with Crippen molar-refractivity contribution in [2.24, 2.45) is 0 Å². The van der Waals surface area contributed by atoms with E-state index in [9.17, 15) is 5.11 Å². The number of para-hydroxylation sites is 1. The lowest BCUT2D eigenvalue weighted by atomic mass is 10.1. The summed E-state index contributed by atoms with van der Waals surface area (Å²) in [6, 6.07) is 11.6. The van der Waals surface area contributed by atoms with E-state index in [1.165, 1.54) is 0 Å². The lowest BCUT2D eigenvalue weighted by Crippen LogP contribution is -2.47. The highest BCUT2D eigenvalue weighted by Gasteiger charge is 2.44. The third-order valence-corrected chi connectivity index (χ3v) is 5.93. The quantitative estimate of drug-likeness (QED) is 0.528. The van der Waals surface area contributed by atoms with Crippen LogP contribution in [0.3, 0.4) is 0 Å². The number of phenols is 1. The Kier molecular flexibility index (Phi) is 5.21. The number of benzene rings is 1. The Bertz CT molecular complexity index is 1200. The average Bonchev–Trinajstić information content (AvgIpc) is 3.42. The summed E-state index contributed by atoms with van der Waals surface area (Å²) >= 11 is 0. The van der Waals surface area contributed by atoms with Gasteiger partial charge in [0.2, 0.25) is 5.82 Å². The first-order chi connectivity index (χ1) is 15.6. The molecule has 0 amide bonds. The van der Waals surface area contributed by atoms with Gasteiger partial charge in [-0.1, -0.05) is 18.1 Å². The fourth-order valence-corrected chi connectivity index (χ4v) is 4.47. The average molecular weight is 429 g/mol. The Balaban J connectivity index is 1.37. The summed E-state index contributed by atoms with van der Waals surface area (Å²) in [5.74, 6) is 8.00. The van der Waals surface area contributed by atoms with Gasteiger partial charge in [-0.25, -0.2) is 9.97 Å². The fraction of sp³-hybridized carbons (Fsp3) is 0.304. The summed E-state index contributed by atoms with van der Waals surface area (Å²) in [5.41, 5.74) is 8.31. The molecule has 162 valence electrons. The van der Waals surface area contributed by atoms with Gasteiger partial charge in [-0.2, -0.15) is 0 Å². The smallest absolute Gasteiger partial charge is 0.206 e. The van der Waals surface area contributed by atoms with Gasteiger partial charge in [-0.05, 0) is 43.7 Å². The number of phenolic OH excluding ortho intramolecular Hbond substituents is 1. The van der Waals surface area contributed by atoms with Crippen LogP contribution in [0.5, 0.6) is 5.75 Å². The van der Waals surface area contributed by atoms with Crippen LogP contribution in [0.1, 0.15) is 12.2 Å². The van der Waals surface area contributed by atoms with Crippen LogP contribution in [0.2, 0.25) is 0 Å².